The zero-order valence-electron chi connectivity index (χ0n) is 14.9. The summed E-state index contributed by atoms with van der Waals surface area (Å²) >= 11 is 5.83. The van der Waals surface area contributed by atoms with Gasteiger partial charge in [0.15, 0.2) is 0 Å². The second-order valence-corrected chi connectivity index (χ2v) is 6.68. The van der Waals surface area contributed by atoms with Crippen LogP contribution >= 0.6 is 11.6 Å². The lowest BCUT2D eigenvalue weighted by Crippen LogP contribution is -2.48. The van der Waals surface area contributed by atoms with Crippen molar-refractivity contribution in [2.24, 2.45) is 0 Å². The molecule has 1 aliphatic heterocycles. The van der Waals surface area contributed by atoms with Gasteiger partial charge in [-0.25, -0.2) is 4.79 Å². The maximum absolute atomic E-state index is 12.5. The predicted octanol–water partition coefficient (Wildman–Crippen LogP) is 3.53. The van der Waals surface area contributed by atoms with Gasteiger partial charge in [-0.2, -0.15) is 0 Å². The summed E-state index contributed by atoms with van der Waals surface area (Å²) in [6, 6.07) is 15.6. The Morgan fingerprint density at radius 3 is 2.59 bits per heavy atom. The lowest BCUT2D eigenvalue weighted by Gasteiger charge is -2.24. The van der Waals surface area contributed by atoms with E-state index in [9.17, 15) is 9.59 Å². The molecule has 3 rings (SSSR count). The molecule has 6 nitrogen and oxygen atoms in total. The fourth-order valence-corrected chi connectivity index (χ4v) is 3.12. The van der Waals surface area contributed by atoms with Crippen LogP contribution in [0.15, 0.2) is 54.6 Å². The molecule has 2 N–H and O–H groups in total. The molecule has 0 aliphatic carbocycles. The standard InChI is InChI=1S/C20H22ClN3O3/c21-15-8-10-17(11-9-15)27-14-12-22-19(25)18-7-4-13-24(18)20(26)23-16-5-2-1-3-6-16/h1-3,5-6,8-11,18H,4,7,12-14H2,(H,22,25)(H,23,26)/t18-/m0/s1. The van der Waals surface area contributed by atoms with Crippen molar-refractivity contribution in [2.45, 2.75) is 18.9 Å². The maximum Gasteiger partial charge on any atom is 0.322 e. The summed E-state index contributed by atoms with van der Waals surface area (Å²) < 4.78 is 5.56. The number of carbonyl (C=O) groups excluding carboxylic acids is 2. The lowest BCUT2D eigenvalue weighted by molar-refractivity contribution is -0.124. The van der Waals surface area contributed by atoms with Crippen molar-refractivity contribution in [3.63, 3.8) is 0 Å². The molecule has 27 heavy (non-hydrogen) atoms. The number of halogens is 1. The second kappa shape index (κ2) is 9.28. The van der Waals surface area contributed by atoms with Gasteiger partial charge in [-0.05, 0) is 49.2 Å². The molecule has 0 radical (unpaired) electrons. The van der Waals surface area contributed by atoms with E-state index in [0.29, 0.717) is 42.6 Å². The Morgan fingerprint density at radius 1 is 1.11 bits per heavy atom. The SMILES string of the molecule is O=C(NCCOc1ccc(Cl)cc1)[C@@H]1CCCN1C(=O)Nc1ccccc1. The van der Waals surface area contributed by atoms with E-state index in [1.165, 1.54) is 0 Å². The molecule has 1 heterocycles. The van der Waals surface area contributed by atoms with Crippen molar-refractivity contribution < 1.29 is 14.3 Å². The van der Waals surface area contributed by atoms with Crippen LogP contribution in [0.1, 0.15) is 12.8 Å². The third kappa shape index (κ3) is 5.37. The number of ether oxygens (including phenoxy) is 1. The van der Waals surface area contributed by atoms with Gasteiger partial charge in [0.1, 0.15) is 18.4 Å². The first-order chi connectivity index (χ1) is 13.1. The molecule has 0 saturated carbocycles. The molecule has 0 spiro atoms. The molecular weight excluding hydrogens is 366 g/mol. The molecule has 0 aromatic heterocycles. The van der Waals surface area contributed by atoms with Crippen LogP contribution < -0.4 is 15.4 Å². The molecule has 1 fully saturated rings. The Hall–Kier alpha value is -2.73. The Bertz CT molecular complexity index is 768. The Balaban J connectivity index is 1.45. The molecule has 1 atom stereocenters. The largest absolute Gasteiger partial charge is 0.492 e. The van der Waals surface area contributed by atoms with Crippen molar-refractivity contribution in [3.05, 3.63) is 59.6 Å². The molecular formula is C20H22ClN3O3. The first-order valence-corrected chi connectivity index (χ1v) is 9.30. The number of benzene rings is 2. The number of urea groups is 1. The number of likely N-dealkylation sites (tertiary alicyclic amines) is 1. The van der Waals surface area contributed by atoms with E-state index >= 15 is 0 Å². The van der Waals surface area contributed by atoms with Crippen LogP contribution in [-0.4, -0.2) is 42.6 Å². The maximum atomic E-state index is 12.5. The quantitative estimate of drug-likeness (QED) is 0.745. The van der Waals surface area contributed by atoms with Gasteiger partial charge in [-0.3, -0.25) is 4.79 Å². The highest BCUT2D eigenvalue weighted by Crippen LogP contribution is 2.19. The van der Waals surface area contributed by atoms with Crippen molar-refractivity contribution in [1.29, 1.82) is 0 Å². The van der Waals surface area contributed by atoms with Crippen LogP contribution in [0.2, 0.25) is 5.02 Å². The van der Waals surface area contributed by atoms with Crippen molar-refractivity contribution in [3.8, 4) is 5.75 Å². The third-order valence-corrected chi connectivity index (χ3v) is 4.58. The summed E-state index contributed by atoms with van der Waals surface area (Å²) in [7, 11) is 0. The van der Waals surface area contributed by atoms with Gasteiger partial charge in [0, 0.05) is 17.3 Å². The number of rotatable bonds is 6. The Morgan fingerprint density at radius 2 is 1.85 bits per heavy atom. The second-order valence-electron chi connectivity index (χ2n) is 6.24. The molecule has 2 aromatic carbocycles. The minimum Gasteiger partial charge on any atom is -0.492 e. The molecule has 142 valence electrons. The summed E-state index contributed by atoms with van der Waals surface area (Å²) in [5.74, 6) is 0.536. The molecule has 3 amide bonds. The fraction of sp³-hybridized carbons (Fsp3) is 0.300. The van der Waals surface area contributed by atoms with E-state index in [1.807, 2.05) is 30.3 Å². The zero-order chi connectivity index (χ0) is 19.1. The van der Waals surface area contributed by atoms with Crippen molar-refractivity contribution >= 4 is 29.2 Å². The summed E-state index contributed by atoms with van der Waals surface area (Å²) in [5.41, 5.74) is 0.713. The summed E-state index contributed by atoms with van der Waals surface area (Å²) in [6.07, 6.45) is 1.47. The summed E-state index contributed by atoms with van der Waals surface area (Å²) in [4.78, 5) is 26.5. The van der Waals surface area contributed by atoms with Gasteiger partial charge in [0.2, 0.25) is 5.91 Å². The molecule has 0 bridgehead atoms. The van der Waals surface area contributed by atoms with E-state index in [-0.39, 0.29) is 11.9 Å². The molecule has 0 unspecified atom stereocenters. The first kappa shape index (κ1) is 19.0. The molecule has 1 saturated heterocycles. The highest BCUT2D eigenvalue weighted by molar-refractivity contribution is 6.30. The summed E-state index contributed by atoms with van der Waals surface area (Å²) in [6.45, 7) is 1.28. The minimum atomic E-state index is -0.454. The Labute approximate surface area is 163 Å². The van der Waals surface area contributed by atoms with Crippen LogP contribution in [0.3, 0.4) is 0 Å². The molecule has 2 aromatic rings. The van der Waals surface area contributed by atoms with Crippen LogP contribution in [0, 0.1) is 0 Å². The van der Waals surface area contributed by atoms with E-state index in [0.717, 1.165) is 6.42 Å². The average Bonchev–Trinajstić information content (AvgIpc) is 3.17. The first-order valence-electron chi connectivity index (χ1n) is 8.92. The number of nitrogens with one attached hydrogen (secondary N) is 2. The number of nitrogens with zero attached hydrogens (tertiary/aromatic N) is 1. The fourth-order valence-electron chi connectivity index (χ4n) is 2.99. The van der Waals surface area contributed by atoms with E-state index in [2.05, 4.69) is 10.6 Å². The zero-order valence-corrected chi connectivity index (χ0v) is 15.6. The number of anilines is 1. The van der Waals surface area contributed by atoms with E-state index in [4.69, 9.17) is 16.3 Å². The summed E-state index contributed by atoms with van der Waals surface area (Å²) in [5, 5.41) is 6.32. The van der Waals surface area contributed by atoms with Crippen LogP contribution in [0.25, 0.3) is 0 Å². The van der Waals surface area contributed by atoms with Crippen LogP contribution in [0.4, 0.5) is 10.5 Å². The van der Waals surface area contributed by atoms with Crippen molar-refractivity contribution in [1.82, 2.24) is 10.2 Å². The number of amides is 3. The van der Waals surface area contributed by atoms with Gasteiger partial charge >= 0.3 is 6.03 Å². The van der Waals surface area contributed by atoms with Gasteiger partial charge in [-0.1, -0.05) is 29.8 Å². The van der Waals surface area contributed by atoms with Gasteiger partial charge in [-0.15, -0.1) is 0 Å². The van der Waals surface area contributed by atoms with E-state index < -0.39 is 6.04 Å². The molecule has 7 heteroatoms. The van der Waals surface area contributed by atoms with Gasteiger partial charge in [0.25, 0.3) is 0 Å². The number of para-hydroxylation sites is 1. The third-order valence-electron chi connectivity index (χ3n) is 4.33. The number of carbonyl (C=O) groups is 2. The monoisotopic (exact) mass is 387 g/mol. The van der Waals surface area contributed by atoms with Gasteiger partial charge < -0.3 is 20.3 Å². The average molecular weight is 388 g/mol. The topological polar surface area (TPSA) is 70.7 Å². The van der Waals surface area contributed by atoms with Gasteiger partial charge in [0.05, 0.1) is 6.54 Å². The van der Waals surface area contributed by atoms with Crippen LogP contribution in [0.5, 0.6) is 5.75 Å². The predicted molar refractivity (Wildman–Crippen MR) is 105 cm³/mol. The number of hydrogen-bond donors (Lipinski definition) is 2. The number of hydrogen-bond acceptors (Lipinski definition) is 3. The molecule has 1 aliphatic rings. The van der Waals surface area contributed by atoms with E-state index in [1.54, 1.807) is 29.2 Å². The highest BCUT2D eigenvalue weighted by atomic mass is 35.5. The smallest absolute Gasteiger partial charge is 0.322 e. The minimum absolute atomic E-state index is 0.157. The Kier molecular flexibility index (Phi) is 6.54. The van der Waals surface area contributed by atoms with Crippen molar-refractivity contribution in [2.75, 3.05) is 25.0 Å². The lowest BCUT2D eigenvalue weighted by atomic mass is 10.2. The van der Waals surface area contributed by atoms with Crippen LogP contribution in [-0.2, 0) is 4.79 Å². The highest BCUT2D eigenvalue weighted by Gasteiger charge is 2.33. The normalized spacial score (nSPS) is 16.0.